The van der Waals surface area contributed by atoms with Crippen LogP contribution in [-0.2, 0) is 6.42 Å². The molecule has 0 saturated heterocycles. The lowest BCUT2D eigenvalue weighted by Crippen LogP contribution is -2.01. The van der Waals surface area contributed by atoms with Crippen LogP contribution in [0.15, 0.2) is 24.5 Å². The summed E-state index contributed by atoms with van der Waals surface area (Å²) in [6.07, 6.45) is 3.18. The molecule has 1 heterocycles. The summed E-state index contributed by atoms with van der Waals surface area (Å²) in [5.74, 6) is 0.672. The van der Waals surface area contributed by atoms with Crippen molar-refractivity contribution in [3.8, 4) is 0 Å². The summed E-state index contributed by atoms with van der Waals surface area (Å²) in [5, 5.41) is 4.75. The summed E-state index contributed by atoms with van der Waals surface area (Å²) in [7, 11) is 0. The summed E-state index contributed by atoms with van der Waals surface area (Å²) < 4.78 is 0. The van der Waals surface area contributed by atoms with Crippen molar-refractivity contribution >= 4 is 46.3 Å². The molecule has 0 radical (unpaired) electrons. The Bertz CT molecular complexity index is 587. The first-order valence-corrected chi connectivity index (χ1v) is 6.96. The first-order valence-electron chi connectivity index (χ1n) is 5.83. The predicted molar refractivity (Wildman–Crippen MR) is 80.8 cm³/mol. The summed E-state index contributed by atoms with van der Waals surface area (Å²) in [6, 6.07) is 5.24. The van der Waals surface area contributed by atoms with Gasteiger partial charge >= 0.3 is 0 Å². The fraction of sp³-hybridized carbons (Fsp3) is 0.231. The first-order chi connectivity index (χ1) is 9.11. The summed E-state index contributed by atoms with van der Waals surface area (Å²) in [6.45, 7) is 2.07. The number of halogens is 3. The third-order valence-corrected chi connectivity index (χ3v) is 3.45. The summed E-state index contributed by atoms with van der Waals surface area (Å²) >= 11 is 18.1. The minimum atomic E-state index is 0.462. The number of hydrogen-bond acceptors (Lipinski definition) is 3. The van der Waals surface area contributed by atoms with E-state index in [4.69, 9.17) is 34.8 Å². The van der Waals surface area contributed by atoms with Crippen molar-refractivity contribution in [2.24, 2.45) is 0 Å². The molecule has 0 aliphatic carbocycles. The molecule has 19 heavy (non-hydrogen) atoms. The highest BCUT2D eigenvalue weighted by atomic mass is 35.5. The van der Waals surface area contributed by atoms with E-state index in [2.05, 4.69) is 22.2 Å². The lowest BCUT2D eigenvalue weighted by molar-refractivity contribution is 0.904. The molecular weight excluding hydrogens is 305 g/mol. The van der Waals surface area contributed by atoms with E-state index in [1.54, 1.807) is 18.2 Å². The first kappa shape index (κ1) is 14.4. The van der Waals surface area contributed by atoms with E-state index in [0.29, 0.717) is 21.0 Å². The van der Waals surface area contributed by atoms with Crippen LogP contribution >= 0.6 is 34.8 Å². The quantitative estimate of drug-likeness (QED) is 0.794. The van der Waals surface area contributed by atoms with Gasteiger partial charge in [-0.25, -0.2) is 9.97 Å². The van der Waals surface area contributed by atoms with E-state index < -0.39 is 0 Å². The molecule has 0 saturated carbocycles. The molecular formula is C13H12Cl3N3. The Labute approximate surface area is 126 Å². The van der Waals surface area contributed by atoms with E-state index in [0.717, 1.165) is 24.1 Å². The van der Waals surface area contributed by atoms with Gasteiger partial charge in [0.05, 0.1) is 10.7 Å². The normalized spacial score (nSPS) is 10.5. The number of nitrogens with one attached hydrogen (secondary N) is 1. The maximum Gasteiger partial charge on any atom is 0.138 e. The molecule has 2 aromatic rings. The number of anilines is 2. The van der Waals surface area contributed by atoms with Crippen molar-refractivity contribution in [3.05, 3.63) is 45.3 Å². The average molecular weight is 317 g/mol. The van der Waals surface area contributed by atoms with Gasteiger partial charge in [-0.1, -0.05) is 48.1 Å². The molecule has 1 aromatic carbocycles. The molecule has 0 amide bonds. The van der Waals surface area contributed by atoms with Gasteiger partial charge in [-0.3, -0.25) is 0 Å². The van der Waals surface area contributed by atoms with Crippen LogP contribution in [0.4, 0.5) is 11.5 Å². The Balaban J connectivity index is 2.35. The minimum Gasteiger partial charge on any atom is -0.339 e. The van der Waals surface area contributed by atoms with E-state index in [-0.39, 0.29) is 0 Å². The second-order valence-electron chi connectivity index (χ2n) is 3.99. The van der Waals surface area contributed by atoms with Gasteiger partial charge in [-0.05, 0) is 24.6 Å². The molecule has 6 heteroatoms. The maximum atomic E-state index is 6.13. The Morgan fingerprint density at radius 1 is 1.16 bits per heavy atom. The zero-order valence-corrected chi connectivity index (χ0v) is 12.5. The molecule has 1 N–H and O–H groups in total. The lowest BCUT2D eigenvalue weighted by atomic mass is 10.2. The Morgan fingerprint density at radius 2 is 1.95 bits per heavy atom. The standard InChI is InChI=1S/C13H12Cl3N3/c1-2-3-9-12(16)17-7-18-13(9)19-11-5-4-8(14)6-10(11)15/h4-7H,2-3H2,1H3,(H,17,18,19). The summed E-state index contributed by atoms with van der Waals surface area (Å²) in [5.41, 5.74) is 1.62. The van der Waals surface area contributed by atoms with Crippen molar-refractivity contribution in [2.75, 3.05) is 5.32 Å². The van der Waals surface area contributed by atoms with Crippen LogP contribution in [0.25, 0.3) is 0 Å². The highest BCUT2D eigenvalue weighted by Gasteiger charge is 2.10. The average Bonchev–Trinajstić information content (AvgIpc) is 2.37. The number of rotatable bonds is 4. The third-order valence-electron chi connectivity index (χ3n) is 2.58. The molecule has 3 nitrogen and oxygen atoms in total. The number of hydrogen-bond donors (Lipinski definition) is 1. The molecule has 2 rings (SSSR count). The van der Waals surface area contributed by atoms with Crippen molar-refractivity contribution in [3.63, 3.8) is 0 Å². The molecule has 0 aliphatic heterocycles. The fourth-order valence-corrected chi connectivity index (χ4v) is 2.37. The minimum absolute atomic E-state index is 0.462. The zero-order valence-electron chi connectivity index (χ0n) is 10.3. The van der Waals surface area contributed by atoms with Crippen LogP contribution in [0.3, 0.4) is 0 Å². The predicted octanol–water partition coefficient (Wildman–Crippen LogP) is 5.13. The topological polar surface area (TPSA) is 37.8 Å². The van der Waals surface area contributed by atoms with Gasteiger partial charge in [0, 0.05) is 10.6 Å². The van der Waals surface area contributed by atoms with Crippen LogP contribution in [0.2, 0.25) is 15.2 Å². The van der Waals surface area contributed by atoms with Gasteiger partial charge in [0.1, 0.15) is 17.3 Å². The Morgan fingerprint density at radius 3 is 2.63 bits per heavy atom. The van der Waals surface area contributed by atoms with E-state index in [9.17, 15) is 0 Å². The zero-order chi connectivity index (χ0) is 13.8. The van der Waals surface area contributed by atoms with Gasteiger partial charge in [0.2, 0.25) is 0 Å². The van der Waals surface area contributed by atoms with Crippen LogP contribution in [0.5, 0.6) is 0 Å². The molecule has 0 aliphatic rings. The van der Waals surface area contributed by atoms with Gasteiger partial charge in [-0.15, -0.1) is 0 Å². The lowest BCUT2D eigenvalue weighted by Gasteiger charge is -2.12. The SMILES string of the molecule is CCCc1c(Cl)ncnc1Nc1ccc(Cl)cc1Cl. The molecule has 0 unspecified atom stereocenters. The Hall–Kier alpha value is -1.03. The maximum absolute atomic E-state index is 6.13. The van der Waals surface area contributed by atoms with Gasteiger partial charge < -0.3 is 5.32 Å². The van der Waals surface area contributed by atoms with Crippen molar-refractivity contribution in [1.82, 2.24) is 9.97 Å². The van der Waals surface area contributed by atoms with Crippen LogP contribution in [0, 0.1) is 0 Å². The van der Waals surface area contributed by atoms with Crippen LogP contribution in [0.1, 0.15) is 18.9 Å². The highest BCUT2D eigenvalue weighted by molar-refractivity contribution is 6.36. The monoisotopic (exact) mass is 315 g/mol. The van der Waals surface area contributed by atoms with E-state index >= 15 is 0 Å². The molecule has 0 fully saturated rings. The van der Waals surface area contributed by atoms with Crippen molar-refractivity contribution < 1.29 is 0 Å². The fourth-order valence-electron chi connectivity index (χ4n) is 1.69. The molecule has 0 bridgehead atoms. The second kappa shape index (κ2) is 6.42. The van der Waals surface area contributed by atoms with Crippen molar-refractivity contribution in [2.45, 2.75) is 19.8 Å². The molecule has 0 spiro atoms. The second-order valence-corrected chi connectivity index (χ2v) is 5.19. The Kier molecular flexibility index (Phi) is 4.86. The number of benzene rings is 1. The van der Waals surface area contributed by atoms with Crippen LogP contribution < -0.4 is 5.32 Å². The summed E-state index contributed by atoms with van der Waals surface area (Å²) in [4.78, 5) is 8.22. The molecule has 100 valence electrons. The third kappa shape index (κ3) is 3.50. The van der Waals surface area contributed by atoms with Crippen molar-refractivity contribution in [1.29, 1.82) is 0 Å². The van der Waals surface area contributed by atoms with E-state index in [1.807, 2.05) is 0 Å². The molecule has 1 aromatic heterocycles. The van der Waals surface area contributed by atoms with Gasteiger partial charge in [-0.2, -0.15) is 0 Å². The van der Waals surface area contributed by atoms with Crippen LogP contribution in [-0.4, -0.2) is 9.97 Å². The molecule has 0 atom stereocenters. The number of aromatic nitrogens is 2. The largest absolute Gasteiger partial charge is 0.339 e. The van der Waals surface area contributed by atoms with Gasteiger partial charge in [0.25, 0.3) is 0 Å². The highest BCUT2D eigenvalue weighted by Crippen LogP contribution is 2.30. The smallest absolute Gasteiger partial charge is 0.138 e. The number of nitrogens with zero attached hydrogens (tertiary/aromatic N) is 2. The van der Waals surface area contributed by atoms with Gasteiger partial charge in [0.15, 0.2) is 0 Å². The van der Waals surface area contributed by atoms with E-state index in [1.165, 1.54) is 6.33 Å².